The number of alkyl halides is 5. The summed E-state index contributed by atoms with van der Waals surface area (Å²) in [5, 5.41) is 0. The molecule has 1 aromatic carbocycles. The van der Waals surface area contributed by atoms with Crippen molar-refractivity contribution in [1.29, 1.82) is 0 Å². The maximum Gasteiger partial charge on any atom is 0.494 e. The van der Waals surface area contributed by atoms with Gasteiger partial charge in [-0.25, -0.2) is 4.39 Å². The van der Waals surface area contributed by atoms with Crippen LogP contribution in [-0.2, 0) is 9.31 Å². The molecule has 1 heterocycles. The van der Waals surface area contributed by atoms with E-state index in [2.05, 4.69) is 4.74 Å². The van der Waals surface area contributed by atoms with Crippen LogP contribution >= 0.6 is 0 Å². The van der Waals surface area contributed by atoms with E-state index in [-0.39, 0.29) is 5.46 Å². The molecule has 10 heteroatoms. The second-order valence-corrected chi connectivity index (χ2v) is 6.77. The van der Waals surface area contributed by atoms with Gasteiger partial charge < -0.3 is 14.0 Å². The molecular formula is C15H17BF6O3. The monoisotopic (exact) mass is 370 g/mol. The van der Waals surface area contributed by atoms with Crippen LogP contribution in [0.2, 0.25) is 0 Å². The quantitative estimate of drug-likeness (QED) is 0.598. The molecule has 1 aliphatic rings. The van der Waals surface area contributed by atoms with Crippen LogP contribution in [0.25, 0.3) is 0 Å². The summed E-state index contributed by atoms with van der Waals surface area (Å²) >= 11 is 0. The summed E-state index contributed by atoms with van der Waals surface area (Å²) in [6, 6.07) is 3.16. The van der Waals surface area contributed by atoms with E-state index in [1.165, 1.54) is 6.07 Å². The zero-order chi connectivity index (χ0) is 19.3. The fourth-order valence-corrected chi connectivity index (χ4v) is 2.01. The Morgan fingerprint density at radius 3 is 2.00 bits per heavy atom. The first-order valence-electron chi connectivity index (χ1n) is 7.39. The fraction of sp³-hybridized carbons (Fsp3) is 0.600. The molecule has 1 fully saturated rings. The largest absolute Gasteiger partial charge is 0.494 e. The molecule has 1 saturated heterocycles. The standard InChI is InChI=1S/C15H17BF6O3/c1-12(2)13(3,4)25-16(24-12)9-5-6-10(17)11(7-9)23-8-14(18,19)15(20,21)22/h5-7H,8H2,1-4H3. The van der Waals surface area contributed by atoms with Crippen LogP contribution in [0.4, 0.5) is 26.3 Å². The van der Waals surface area contributed by atoms with Gasteiger partial charge in [0.25, 0.3) is 0 Å². The van der Waals surface area contributed by atoms with Crippen molar-refractivity contribution < 1.29 is 40.4 Å². The van der Waals surface area contributed by atoms with Gasteiger partial charge >= 0.3 is 19.2 Å². The number of halogens is 6. The number of rotatable bonds is 4. The van der Waals surface area contributed by atoms with Crippen molar-refractivity contribution in [2.75, 3.05) is 6.61 Å². The lowest BCUT2D eigenvalue weighted by Crippen LogP contribution is -2.42. The third-order valence-electron chi connectivity index (χ3n) is 4.30. The lowest BCUT2D eigenvalue weighted by Gasteiger charge is -2.32. The highest BCUT2D eigenvalue weighted by atomic mass is 19.4. The second kappa shape index (κ2) is 6.08. The van der Waals surface area contributed by atoms with Crippen molar-refractivity contribution in [2.24, 2.45) is 0 Å². The number of hydrogen-bond acceptors (Lipinski definition) is 3. The lowest BCUT2D eigenvalue weighted by molar-refractivity contribution is -0.290. The summed E-state index contributed by atoms with van der Waals surface area (Å²) in [4.78, 5) is 0. The van der Waals surface area contributed by atoms with Crippen LogP contribution in [-0.4, -0.2) is 37.0 Å². The van der Waals surface area contributed by atoms with E-state index in [4.69, 9.17) is 9.31 Å². The topological polar surface area (TPSA) is 27.7 Å². The summed E-state index contributed by atoms with van der Waals surface area (Å²) in [6.07, 6.45) is -5.78. The Balaban J connectivity index is 2.19. The predicted molar refractivity (Wildman–Crippen MR) is 78.6 cm³/mol. The molecular weight excluding hydrogens is 353 g/mol. The third-order valence-corrected chi connectivity index (χ3v) is 4.30. The third kappa shape index (κ3) is 3.89. The average Bonchev–Trinajstić information content (AvgIpc) is 2.65. The molecule has 0 radical (unpaired) electrons. The van der Waals surface area contributed by atoms with Gasteiger partial charge in [-0.15, -0.1) is 0 Å². The molecule has 0 amide bonds. The van der Waals surface area contributed by atoms with Gasteiger partial charge in [-0.1, -0.05) is 6.07 Å². The van der Waals surface area contributed by atoms with Crippen molar-refractivity contribution >= 4 is 12.6 Å². The Morgan fingerprint density at radius 1 is 1.00 bits per heavy atom. The van der Waals surface area contributed by atoms with Gasteiger partial charge in [0, 0.05) is 0 Å². The van der Waals surface area contributed by atoms with Crippen molar-refractivity contribution in [1.82, 2.24) is 0 Å². The Hall–Kier alpha value is -1.42. The van der Waals surface area contributed by atoms with E-state index in [0.29, 0.717) is 0 Å². The molecule has 25 heavy (non-hydrogen) atoms. The van der Waals surface area contributed by atoms with E-state index < -0.39 is 48.6 Å². The van der Waals surface area contributed by atoms with E-state index in [1.54, 1.807) is 27.7 Å². The zero-order valence-corrected chi connectivity index (χ0v) is 14.0. The molecule has 1 aromatic rings. The number of ether oxygens (including phenoxy) is 1. The first kappa shape index (κ1) is 19.9. The minimum Gasteiger partial charge on any atom is -0.484 e. The molecule has 0 atom stereocenters. The molecule has 0 aliphatic carbocycles. The Labute approximate surface area is 141 Å². The average molecular weight is 370 g/mol. The molecule has 2 rings (SSSR count). The number of benzene rings is 1. The minimum absolute atomic E-state index is 0.241. The molecule has 0 aromatic heterocycles. The predicted octanol–water partition coefficient (Wildman–Crippen LogP) is 3.70. The summed E-state index contributed by atoms with van der Waals surface area (Å²) < 4.78 is 91.9. The molecule has 0 N–H and O–H groups in total. The second-order valence-electron chi connectivity index (χ2n) is 6.77. The van der Waals surface area contributed by atoms with Crippen LogP contribution in [0.5, 0.6) is 5.75 Å². The van der Waals surface area contributed by atoms with Gasteiger partial charge in [-0.2, -0.15) is 22.0 Å². The van der Waals surface area contributed by atoms with Crippen LogP contribution in [0.15, 0.2) is 18.2 Å². The summed E-state index contributed by atoms with van der Waals surface area (Å²) in [5.41, 5.74) is -1.15. The van der Waals surface area contributed by atoms with Gasteiger partial charge in [-0.3, -0.25) is 0 Å². The first-order valence-corrected chi connectivity index (χ1v) is 7.39. The van der Waals surface area contributed by atoms with Gasteiger partial charge in [0.05, 0.1) is 11.2 Å². The van der Waals surface area contributed by atoms with Crippen LogP contribution < -0.4 is 10.2 Å². The number of hydrogen-bond donors (Lipinski definition) is 0. The maximum atomic E-state index is 13.7. The molecule has 1 aliphatic heterocycles. The lowest BCUT2D eigenvalue weighted by atomic mass is 9.79. The SMILES string of the molecule is CC1(C)OB(c2ccc(F)c(OCC(F)(F)C(F)(F)F)c2)OC1(C)C. The Kier molecular flexibility index (Phi) is 4.84. The van der Waals surface area contributed by atoms with Gasteiger partial charge in [0.2, 0.25) is 0 Å². The van der Waals surface area contributed by atoms with E-state index in [9.17, 15) is 26.3 Å². The fourth-order valence-electron chi connectivity index (χ4n) is 2.01. The van der Waals surface area contributed by atoms with Crippen molar-refractivity contribution in [2.45, 2.75) is 51.0 Å². The maximum absolute atomic E-state index is 13.7. The van der Waals surface area contributed by atoms with Gasteiger partial charge in [0.1, 0.15) is 0 Å². The van der Waals surface area contributed by atoms with Crippen LogP contribution in [0, 0.1) is 5.82 Å². The Morgan fingerprint density at radius 2 is 1.52 bits per heavy atom. The molecule has 0 bridgehead atoms. The van der Waals surface area contributed by atoms with Gasteiger partial charge in [0.15, 0.2) is 18.2 Å². The summed E-state index contributed by atoms with van der Waals surface area (Å²) in [6.45, 7) is 5.07. The Bertz CT molecular complexity index is 629. The normalized spacial score (nSPS) is 20.0. The van der Waals surface area contributed by atoms with Gasteiger partial charge in [-0.05, 0) is 45.3 Å². The molecule has 140 valence electrons. The summed E-state index contributed by atoms with van der Waals surface area (Å²) in [5.74, 6) is -6.91. The minimum atomic E-state index is -5.78. The molecule has 3 nitrogen and oxygen atoms in total. The van der Waals surface area contributed by atoms with Crippen molar-refractivity contribution in [3.63, 3.8) is 0 Å². The zero-order valence-electron chi connectivity index (χ0n) is 14.0. The molecule has 0 unspecified atom stereocenters. The molecule has 0 saturated carbocycles. The smallest absolute Gasteiger partial charge is 0.484 e. The van der Waals surface area contributed by atoms with E-state index >= 15 is 0 Å². The highest BCUT2D eigenvalue weighted by Gasteiger charge is 2.58. The highest BCUT2D eigenvalue weighted by Crippen LogP contribution is 2.37. The van der Waals surface area contributed by atoms with Crippen molar-refractivity contribution in [3.05, 3.63) is 24.0 Å². The van der Waals surface area contributed by atoms with Crippen LogP contribution in [0.1, 0.15) is 27.7 Å². The van der Waals surface area contributed by atoms with Crippen LogP contribution in [0.3, 0.4) is 0 Å². The summed E-state index contributed by atoms with van der Waals surface area (Å²) in [7, 11) is -0.934. The van der Waals surface area contributed by atoms with E-state index in [0.717, 1.165) is 12.1 Å². The highest BCUT2D eigenvalue weighted by molar-refractivity contribution is 6.62. The van der Waals surface area contributed by atoms with Crippen molar-refractivity contribution in [3.8, 4) is 5.75 Å². The molecule has 0 spiro atoms. The first-order chi connectivity index (χ1) is 11.2. The van der Waals surface area contributed by atoms with E-state index in [1.807, 2.05) is 0 Å².